The number of benzene rings is 1. The van der Waals surface area contributed by atoms with Gasteiger partial charge in [0.15, 0.2) is 0 Å². The fourth-order valence-corrected chi connectivity index (χ4v) is 3.99. The fraction of sp³-hybridized carbons (Fsp3) is 0.421. The molecule has 2 aliphatic rings. The Morgan fingerprint density at radius 2 is 1.67 bits per heavy atom. The van der Waals surface area contributed by atoms with Crippen LogP contribution >= 0.6 is 12.4 Å². The van der Waals surface area contributed by atoms with Crippen molar-refractivity contribution in [2.75, 3.05) is 26.2 Å². The molecule has 0 unspecified atom stereocenters. The number of nitrogens with one attached hydrogen (secondary N) is 2. The number of fused-ring (bicyclic) bond motifs is 1. The molecule has 0 radical (unpaired) electrons. The first-order chi connectivity index (χ1) is 11.3. The zero-order valence-corrected chi connectivity index (χ0v) is 14.5. The number of halogens is 1. The minimum Gasteiger partial charge on any atom is -0.366 e. The van der Waals surface area contributed by atoms with Crippen molar-refractivity contribution < 1.29 is 4.79 Å². The third-order valence-electron chi connectivity index (χ3n) is 5.37. The van der Waals surface area contributed by atoms with Crippen LogP contribution < -0.4 is 5.32 Å². The smallest absolute Gasteiger partial charge is 0.256 e. The van der Waals surface area contributed by atoms with Gasteiger partial charge in [0.1, 0.15) is 0 Å². The van der Waals surface area contributed by atoms with E-state index in [0.29, 0.717) is 0 Å². The van der Waals surface area contributed by atoms with Gasteiger partial charge in [0.2, 0.25) is 0 Å². The van der Waals surface area contributed by atoms with Gasteiger partial charge in [0.05, 0.1) is 5.56 Å². The van der Waals surface area contributed by atoms with Crippen molar-refractivity contribution in [2.45, 2.75) is 12.8 Å². The van der Waals surface area contributed by atoms with Crippen LogP contribution in [-0.2, 0) is 0 Å². The summed E-state index contributed by atoms with van der Waals surface area (Å²) >= 11 is 0. The van der Waals surface area contributed by atoms with Crippen molar-refractivity contribution in [3.8, 4) is 11.1 Å². The van der Waals surface area contributed by atoms with Gasteiger partial charge in [0.25, 0.3) is 5.91 Å². The summed E-state index contributed by atoms with van der Waals surface area (Å²) in [6.45, 7) is 3.99. The van der Waals surface area contributed by atoms with Gasteiger partial charge < -0.3 is 15.2 Å². The fourth-order valence-electron chi connectivity index (χ4n) is 3.99. The molecule has 0 spiro atoms. The molecule has 4 rings (SSSR count). The molecule has 128 valence electrons. The van der Waals surface area contributed by atoms with Crippen molar-refractivity contribution >= 4 is 18.3 Å². The van der Waals surface area contributed by atoms with Crippen LogP contribution in [0.3, 0.4) is 0 Å². The molecule has 1 aromatic carbocycles. The quantitative estimate of drug-likeness (QED) is 0.878. The second-order valence-electron chi connectivity index (χ2n) is 6.70. The average molecular weight is 346 g/mol. The van der Waals surface area contributed by atoms with E-state index in [1.54, 1.807) is 0 Å². The predicted molar refractivity (Wildman–Crippen MR) is 98.5 cm³/mol. The minimum absolute atomic E-state index is 0. The number of likely N-dealkylation sites (tertiary alicyclic amines) is 1. The summed E-state index contributed by atoms with van der Waals surface area (Å²) < 4.78 is 0. The number of carbonyl (C=O) groups excluding carboxylic acids is 1. The average Bonchev–Trinajstić information content (AvgIpc) is 3.21. The van der Waals surface area contributed by atoms with Crippen molar-refractivity contribution in [3.05, 3.63) is 48.3 Å². The lowest BCUT2D eigenvalue weighted by atomic mass is 9.92. The van der Waals surface area contributed by atoms with Crippen LogP contribution in [0, 0.1) is 11.8 Å². The third kappa shape index (κ3) is 3.21. The minimum atomic E-state index is 0. The van der Waals surface area contributed by atoms with Crippen molar-refractivity contribution in [3.63, 3.8) is 0 Å². The monoisotopic (exact) mass is 345 g/mol. The van der Waals surface area contributed by atoms with Crippen LogP contribution in [0.5, 0.6) is 0 Å². The number of aromatic amines is 1. The molecule has 2 aliphatic heterocycles. The Kier molecular flexibility index (Phi) is 5.27. The second kappa shape index (κ2) is 7.41. The van der Waals surface area contributed by atoms with E-state index in [9.17, 15) is 4.79 Å². The van der Waals surface area contributed by atoms with Crippen LogP contribution in [0.2, 0.25) is 0 Å². The molecule has 1 amide bonds. The van der Waals surface area contributed by atoms with E-state index in [1.165, 1.54) is 0 Å². The number of nitrogens with zero attached hydrogens (tertiary/aromatic N) is 1. The second-order valence-corrected chi connectivity index (χ2v) is 6.70. The molecule has 5 heteroatoms. The van der Waals surface area contributed by atoms with Crippen LogP contribution in [0.1, 0.15) is 23.2 Å². The van der Waals surface area contributed by atoms with E-state index >= 15 is 0 Å². The van der Waals surface area contributed by atoms with Gasteiger partial charge in [-0.15, -0.1) is 12.4 Å². The predicted octanol–water partition coefficient (Wildman–Crippen LogP) is 3.18. The number of aromatic nitrogens is 1. The molecule has 2 atom stereocenters. The molecular weight excluding hydrogens is 322 g/mol. The zero-order chi connectivity index (χ0) is 15.6. The van der Waals surface area contributed by atoms with Gasteiger partial charge >= 0.3 is 0 Å². The lowest BCUT2D eigenvalue weighted by Crippen LogP contribution is -2.32. The van der Waals surface area contributed by atoms with Crippen LogP contribution in [0.15, 0.2) is 42.7 Å². The number of carbonyl (C=O) groups is 1. The van der Waals surface area contributed by atoms with Gasteiger partial charge in [-0.05, 0) is 43.3 Å². The Morgan fingerprint density at radius 1 is 1.00 bits per heavy atom. The lowest BCUT2D eigenvalue weighted by Gasteiger charge is -2.21. The topological polar surface area (TPSA) is 48.1 Å². The standard InChI is InChI=1S/C19H23N3O.ClH/c23-19(22-8-6-15-10-20-11-16(15)7-9-22)18-13-21-12-17(18)14-4-2-1-3-5-14;/h1-5,12-13,15-16,20-21H,6-11H2;1H/t15-,16+;. The Morgan fingerprint density at radius 3 is 2.33 bits per heavy atom. The van der Waals surface area contributed by atoms with E-state index in [2.05, 4.69) is 22.4 Å². The van der Waals surface area contributed by atoms with Crippen molar-refractivity contribution in [2.24, 2.45) is 11.8 Å². The van der Waals surface area contributed by atoms with Gasteiger partial charge in [-0.2, -0.15) is 0 Å². The Bertz CT molecular complexity index is 671. The molecular formula is C19H24ClN3O. The van der Waals surface area contributed by atoms with Crippen LogP contribution in [0.25, 0.3) is 11.1 Å². The van der Waals surface area contributed by atoms with E-state index in [4.69, 9.17) is 0 Å². The largest absolute Gasteiger partial charge is 0.366 e. The molecule has 4 nitrogen and oxygen atoms in total. The summed E-state index contributed by atoms with van der Waals surface area (Å²) in [7, 11) is 0. The summed E-state index contributed by atoms with van der Waals surface area (Å²) in [4.78, 5) is 18.2. The van der Waals surface area contributed by atoms with Crippen molar-refractivity contribution in [1.29, 1.82) is 0 Å². The summed E-state index contributed by atoms with van der Waals surface area (Å²) in [5.41, 5.74) is 2.89. The highest BCUT2D eigenvalue weighted by Crippen LogP contribution is 2.29. The van der Waals surface area contributed by atoms with Crippen molar-refractivity contribution in [1.82, 2.24) is 15.2 Å². The molecule has 24 heavy (non-hydrogen) atoms. The molecule has 2 N–H and O–H groups in total. The summed E-state index contributed by atoms with van der Waals surface area (Å²) in [6.07, 6.45) is 6.01. The van der Waals surface area contributed by atoms with E-state index in [-0.39, 0.29) is 18.3 Å². The number of amides is 1. The Labute approximate surface area is 149 Å². The van der Waals surface area contributed by atoms with E-state index in [0.717, 1.165) is 67.5 Å². The molecule has 2 saturated heterocycles. The highest BCUT2D eigenvalue weighted by Gasteiger charge is 2.32. The number of hydrogen-bond acceptors (Lipinski definition) is 2. The summed E-state index contributed by atoms with van der Waals surface area (Å²) in [5, 5.41) is 3.49. The third-order valence-corrected chi connectivity index (χ3v) is 5.37. The SMILES string of the molecule is Cl.O=C(c1c[nH]cc1-c1ccccc1)N1CC[C@@H]2CNC[C@@H]2CC1. The highest BCUT2D eigenvalue weighted by atomic mass is 35.5. The van der Waals surface area contributed by atoms with Gasteiger partial charge in [-0.1, -0.05) is 30.3 Å². The normalized spacial score (nSPS) is 23.2. The maximum atomic E-state index is 13.0. The maximum absolute atomic E-state index is 13.0. The van der Waals surface area contributed by atoms with Gasteiger partial charge in [-0.25, -0.2) is 0 Å². The first-order valence-electron chi connectivity index (χ1n) is 8.55. The number of H-pyrrole nitrogens is 1. The summed E-state index contributed by atoms with van der Waals surface area (Å²) in [6, 6.07) is 10.1. The van der Waals surface area contributed by atoms with Crippen LogP contribution in [0.4, 0.5) is 0 Å². The molecule has 3 heterocycles. The van der Waals surface area contributed by atoms with Gasteiger partial charge in [-0.3, -0.25) is 4.79 Å². The number of rotatable bonds is 2. The van der Waals surface area contributed by atoms with E-state index in [1.807, 2.05) is 35.5 Å². The Hall–Kier alpha value is -1.78. The molecule has 0 saturated carbocycles. The molecule has 2 fully saturated rings. The summed E-state index contributed by atoms with van der Waals surface area (Å²) in [5.74, 6) is 1.65. The number of hydrogen-bond donors (Lipinski definition) is 2. The lowest BCUT2D eigenvalue weighted by molar-refractivity contribution is 0.0759. The van der Waals surface area contributed by atoms with E-state index < -0.39 is 0 Å². The molecule has 0 bridgehead atoms. The highest BCUT2D eigenvalue weighted by molar-refractivity contribution is 6.00. The maximum Gasteiger partial charge on any atom is 0.256 e. The molecule has 0 aliphatic carbocycles. The molecule has 1 aromatic heterocycles. The zero-order valence-electron chi connectivity index (χ0n) is 13.7. The van der Waals surface area contributed by atoms with Crippen LogP contribution in [-0.4, -0.2) is 42.0 Å². The molecule has 2 aromatic rings. The van der Waals surface area contributed by atoms with Gasteiger partial charge in [0, 0.05) is 31.0 Å². The first kappa shape index (κ1) is 17.1. The first-order valence-corrected chi connectivity index (χ1v) is 8.55. The Balaban J connectivity index is 0.00000169.